The van der Waals surface area contributed by atoms with Crippen molar-refractivity contribution in [1.29, 1.82) is 0 Å². The Morgan fingerprint density at radius 2 is 2.27 bits per heavy atom. The summed E-state index contributed by atoms with van der Waals surface area (Å²) in [5, 5.41) is 0. The molecule has 0 aromatic rings. The van der Waals surface area contributed by atoms with Crippen molar-refractivity contribution < 1.29 is 9.47 Å². The standard InChI is InChI=1S/C9H16O2/c1-3-5-10-6-9(4-2)7-11-8-9/h3,5H,4,6-8H2,1-2H3/b5-3+. The maximum atomic E-state index is 5.32. The van der Waals surface area contributed by atoms with Crippen LogP contribution in [0.4, 0.5) is 0 Å². The average Bonchev–Trinajstić information content (AvgIpc) is 1.95. The van der Waals surface area contributed by atoms with Crippen LogP contribution in [-0.4, -0.2) is 19.8 Å². The van der Waals surface area contributed by atoms with E-state index in [0.29, 0.717) is 5.41 Å². The first-order valence-electron chi connectivity index (χ1n) is 4.13. The van der Waals surface area contributed by atoms with Crippen molar-refractivity contribution in [3.63, 3.8) is 0 Å². The highest BCUT2D eigenvalue weighted by molar-refractivity contribution is 4.84. The van der Waals surface area contributed by atoms with Crippen LogP contribution >= 0.6 is 0 Å². The van der Waals surface area contributed by atoms with Crippen molar-refractivity contribution in [2.45, 2.75) is 20.3 Å². The zero-order valence-electron chi connectivity index (χ0n) is 7.30. The second kappa shape index (κ2) is 3.77. The van der Waals surface area contributed by atoms with E-state index in [-0.39, 0.29) is 0 Å². The Hall–Kier alpha value is -0.500. The fraction of sp³-hybridized carbons (Fsp3) is 0.778. The summed E-state index contributed by atoms with van der Waals surface area (Å²) in [6.07, 6.45) is 4.79. The molecule has 0 spiro atoms. The summed E-state index contributed by atoms with van der Waals surface area (Å²) in [6.45, 7) is 6.66. The predicted molar refractivity (Wildman–Crippen MR) is 44.3 cm³/mol. The Morgan fingerprint density at radius 3 is 2.64 bits per heavy atom. The molecule has 1 aliphatic rings. The van der Waals surface area contributed by atoms with Crippen molar-refractivity contribution in [3.05, 3.63) is 12.3 Å². The monoisotopic (exact) mass is 156 g/mol. The average molecular weight is 156 g/mol. The van der Waals surface area contributed by atoms with Crippen LogP contribution in [0.5, 0.6) is 0 Å². The van der Waals surface area contributed by atoms with Crippen LogP contribution < -0.4 is 0 Å². The highest BCUT2D eigenvalue weighted by atomic mass is 16.5. The van der Waals surface area contributed by atoms with E-state index in [1.165, 1.54) is 0 Å². The number of ether oxygens (including phenoxy) is 2. The van der Waals surface area contributed by atoms with Crippen LogP contribution in [0.3, 0.4) is 0 Å². The lowest BCUT2D eigenvalue weighted by Gasteiger charge is -2.39. The lowest BCUT2D eigenvalue weighted by molar-refractivity contribution is -0.139. The fourth-order valence-corrected chi connectivity index (χ4v) is 1.10. The molecule has 0 N–H and O–H groups in total. The summed E-state index contributed by atoms with van der Waals surface area (Å²) in [4.78, 5) is 0. The Bertz CT molecular complexity index is 131. The van der Waals surface area contributed by atoms with Gasteiger partial charge in [0.05, 0.1) is 31.5 Å². The van der Waals surface area contributed by atoms with Crippen LogP contribution in [0.15, 0.2) is 12.3 Å². The summed E-state index contributed by atoms with van der Waals surface area (Å²) >= 11 is 0. The number of hydrogen-bond donors (Lipinski definition) is 0. The van der Waals surface area contributed by atoms with E-state index in [1.807, 2.05) is 13.0 Å². The Kier molecular flexibility index (Phi) is 2.94. The summed E-state index contributed by atoms with van der Waals surface area (Å²) in [5.41, 5.74) is 0.319. The molecule has 0 saturated carbocycles. The summed E-state index contributed by atoms with van der Waals surface area (Å²) in [6, 6.07) is 0. The maximum Gasteiger partial charge on any atom is 0.0973 e. The van der Waals surface area contributed by atoms with E-state index in [0.717, 1.165) is 26.2 Å². The first kappa shape index (κ1) is 8.60. The Morgan fingerprint density at radius 1 is 1.55 bits per heavy atom. The van der Waals surface area contributed by atoms with Crippen molar-refractivity contribution in [2.75, 3.05) is 19.8 Å². The lowest BCUT2D eigenvalue weighted by Crippen LogP contribution is -2.45. The smallest absolute Gasteiger partial charge is 0.0973 e. The molecule has 2 heteroatoms. The Labute approximate surface area is 68.2 Å². The predicted octanol–water partition coefficient (Wildman–Crippen LogP) is 1.96. The van der Waals surface area contributed by atoms with Crippen LogP contribution in [0.2, 0.25) is 0 Å². The molecule has 0 aromatic heterocycles. The molecule has 0 radical (unpaired) electrons. The third-order valence-corrected chi connectivity index (χ3v) is 2.19. The van der Waals surface area contributed by atoms with Crippen LogP contribution in [0.1, 0.15) is 20.3 Å². The van der Waals surface area contributed by atoms with Gasteiger partial charge in [-0.2, -0.15) is 0 Å². The van der Waals surface area contributed by atoms with Gasteiger partial charge < -0.3 is 9.47 Å². The van der Waals surface area contributed by atoms with Crippen LogP contribution in [0, 0.1) is 5.41 Å². The van der Waals surface area contributed by atoms with Crippen molar-refractivity contribution in [1.82, 2.24) is 0 Å². The molecular weight excluding hydrogens is 140 g/mol. The number of hydrogen-bond acceptors (Lipinski definition) is 2. The van der Waals surface area contributed by atoms with Crippen molar-refractivity contribution in [2.24, 2.45) is 5.41 Å². The molecule has 1 aliphatic heterocycles. The molecule has 0 atom stereocenters. The van der Waals surface area contributed by atoms with Gasteiger partial charge in [-0.1, -0.05) is 13.0 Å². The number of allylic oxidation sites excluding steroid dienone is 1. The van der Waals surface area contributed by atoms with Gasteiger partial charge in [-0.05, 0) is 13.3 Å². The highest BCUT2D eigenvalue weighted by Gasteiger charge is 2.37. The van der Waals surface area contributed by atoms with Crippen LogP contribution in [-0.2, 0) is 9.47 Å². The van der Waals surface area contributed by atoms with E-state index < -0.39 is 0 Å². The van der Waals surface area contributed by atoms with Gasteiger partial charge in [-0.3, -0.25) is 0 Å². The molecule has 0 unspecified atom stereocenters. The minimum atomic E-state index is 0.319. The highest BCUT2D eigenvalue weighted by Crippen LogP contribution is 2.31. The molecule has 0 aromatic carbocycles. The molecule has 0 aliphatic carbocycles. The van der Waals surface area contributed by atoms with E-state index in [1.54, 1.807) is 6.26 Å². The molecule has 2 nitrogen and oxygen atoms in total. The first-order chi connectivity index (χ1) is 5.33. The van der Waals surface area contributed by atoms with Gasteiger partial charge in [0.1, 0.15) is 0 Å². The van der Waals surface area contributed by atoms with E-state index in [9.17, 15) is 0 Å². The topological polar surface area (TPSA) is 18.5 Å². The van der Waals surface area contributed by atoms with Gasteiger partial charge in [-0.15, -0.1) is 0 Å². The zero-order chi connectivity index (χ0) is 8.16. The van der Waals surface area contributed by atoms with Crippen molar-refractivity contribution in [3.8, 4) is 0 Å². The summed E-state index contributed by atoms with van der Waals surface area (Å²) in [7, 11) is 0. The second-order valence-electron chi connectivity index (χ2n) is 3.13. The van der Waals surface area contributed by atoms with Gasteiger partial charge in [0, 0.05) is 0 Å². The van der Waals surface area contributed by atoms with E-state index in [4.69, 9.17) is 9.47 Å². The molecule has 1 rings (SSSR count). The van der Waals surface area contributed by atoms with Crippen LogP contribution in [0.25, 0.3) is 0 Å². The van der Waals surface area contributed by atoms with Gasteiger partial charge >= 0.3 is 0 Å². The molecule has 64 valence electrons. The molecule has 0 amide bonds. The number of rotatable bonds is 4. The van der Waals surface area contributed by atoms with Gasteiger partial charge in [-0.25, -0.2) is 0 Å². The largest absolute Gasteiger partial charge is 0.501 e. The zero-order valence-corrected chi connectivity index (χ0v) is 7.30. The minimum Gasteiger partial charge on any atom is -0.501 e. The molecule has 11 heavy (non-hydrogen) atoms. The third-order valence-electron chi connectivity index (χ3n) is 2.19. The molecule has 1 heterocycles. The van der Waals surface area contributed by atoms with Gasteiger partial charge in [0.2, 0.25) is 0 Å². The van der Waals surface area contributed by atoms with E-state index in [2.05, 4.69) is 6.92 Å². The van der Waals surface area contributed by atoms with Crippen molar-refractivity contribution >= 4 is 0 Å². The van der Waals surface area contributed by atoms with Gasteiger partial charge in [0.15, 0.2) is 0 Å². The lowest BCUT2D eigenvalue weighted by atomic mass is 9.84. The SMILES string of the molecule is C/C=C/OCC1(CC)COC1. The van der Waals surface area contributed by atoms with Gasteiger partial charge in [0.25, 0.3) is 0 Å². The second-order valence-corrected chi connectivity index (χ2v) is 3.13. The third kappa shape index (κ3) is 1.96. The first-order valence-corrected chi connectivity index (χ1v) is 4.13. The maximum absolute atomic E-state index is 5.32. The molecule has 1 fully saturated rings. The molecular formula is C9H16O2. The quantitative estimate of drug-likeness (QED) is 0.579. The van der Waals surface area contributed by atoms with E-state index >= 15 is 0 Å². The summed E-state index contributed by atoms with van der Waals surface area (Å²) < 4.78 is 10.5. The molecule has 1 saturated heterocycles. The Balaban J connectivity index is 2.21. The summed E-state index contributed by atoms with van der Waals surface area (Å²) in [5.74, 6) is 0. The normalized spacial score (nSPS) is 21.6. The molecule has 0 bridgehead atoms. The fourth-order valence-electron chi connectivity index (χ4n) is 1.10. The minimum absolute atomic E-state index is 0.319.